The second kappa shape index (κ2) is 6.93. The summed E-state index contributed by atoms with van der Waals surface area (Å²) < 4.78 is 13.6. The summed E-state index contributed by atoms with van der Waals surface area (Å²) in [6.07, 6.45) is 0. The molecule has 0 bridgehead atoms. The first-order valence-electron chi connectivity index (χ1n) is 4.89. The minimum absolute atomic E-state index is 0. The van der Waals surface area contributed by atoms with E-state index in [9.17, 15) is 9.18 Å². The molecule has 0 saturated heterocycles. The highest BCUT2D eigenvalue weighted by molar-refractivity contribution is 9.10. The molecule has 0 aliphatic carbocycles. The van der Waals surface area contributed by atoms with Gasteiger partial charge in [0.05, 0.1) is 5.56 Å². The predicted octanol–water partition coefficient (Wildman–Crippen LogP) is 2.43. The van der Waals surface area contributed by atoms with Gasteiger partial charge in [-0.3, -0.25) is 4.79 Å². The van der Waals surface area contributed by atoms with Gasteiger partial charge in [-0.1, -0.05) is 0 Å². The fraction of sp³-hybridized carbons (Fsp3) is 0.364. The highest BCUT2D eigenvalue weighted by Gasteiger charge is 2.19. The molecule has 0 saturated carbocycles. The number of amides is 1. The second-order valence-electron chi connectivity index (χ2n) is 3.62. The van der Waals surface area contributed by atoms with E-state index in [0.29, 0.717) is 16.6 Å². The zero-order valence-electron chi connectivity index (χ0n) is 9.61. The van der Waals surface area contributed by atoms with Crippen LogP contribution in [0.25, 0.3) is 0 Å². The Kier molecular flexibility index (Phi) is 6.67. The fourth-order valence-corrected chi connectivity index (χ4v) is 1.63. The van der Waals surface area contributed by atoms with Crippen LogP contribution in [0.15, 0.2) is 22.7 Å². The van der Waals surface area contributed by atoms with Crippen molar-refractivity contribution in [2.45, 2.75) is 13.0 Å². The minimum Gasteiger partial charge on any atom is -0.338 e. The number of halogens is 3. The summed E-state index contributed by atoms with van der Waals surface area (Å²) in [4.78, 5) is 13.5. The molecule has 6 heteroatoms. The fourth-order valence-electron chi connectivity index (χ4n) is 1.21. The molecular formula is C11H15BrClFN2O. The van der Waals surface area contributed by atoms with Crippen LogP contribution in [0.2, 0.25) is 0 Å². The Balaban J connectivity index is 0.00000256. The summed E-state index contributed by atoms with van der Waals surface area (Å²) in [6.45, 7) is 2.21. The van der Waals surface area contributed by atoms with E-state index >= 15 is 0 Å². The first-order valence-corrected chi connectivity index (χ1v) is 5.69. The normalized spacial score (nSPS) is 11.6. The van der Waals surface area contributed by atoms with Crippen LogP contribution < -0.4 is 5.73 Å². The first kappa shape index (κ1) is 16.4. The Hall–Kier alpha value is -0.650. The van der Waals surface area contributed by atoms with Crippen molar-refractivity contribution in [1.29, 1.82) is 0 Å². The van der Waals surface area contributed by atoms with Crippen molar-refractivity contribution in [2.24, 2.45) is 5.73 Å². The average molecular weight is 326 g/mol. The van der Waals surface area contributed by atoms with Crippen LogP contribution in [-0.2, 0) is 0 Å². The van der Waals surface area contributed by atoms with Crippen LogP contribution in [0.4, 0.5) is 4.39 Å². The van der Waals surface area contributed by atoms with Crippen LogP contribution in [0.3, 0.4) is 0 Å². The molecule has 1 aromatic rings. The van der Waals surface area contributed by atoms with Crippen LogP contribution >= 0.6 is 28.3 Å². The number of carbonyl (C=O) groups is 1. The van der Waals surface area contributed by atoms with Crippen molar-refractivity contribution < 1.29 is 9.18 Å². The van der Waals surface area contributed by atoms with E-state index in [-0.39, 0.29) is 24.4 Å². The summed E-state index contributed by atoms with van der Waals surface area (Å²) in [5.41, 5.74) is 5.79. The molecule has 0 aliphatic rings. The van der Waals surface area contributed by atoms with Crippen molar-refractivity contribution in [3.05, 3.63) is 34.1 Å². The van der Waals surface area contributed by atoms with Crippen LogP contribution in [0, 0.1) is 5.82 Å². The summed E-state index contributed by atoms with van der Waals surface area (Å²) in [5.74, 6) is -0.676. The van der Waals surface area contributed by atoms with Crippen LogP contribution in [0.5, 0.6) is 0 Å². The van der Waals surface area contributed by atoms with Gasteiger partial charge in [0.2, 0.25) is 0 Å². The van der Waals surface area contributed by atoms with E-state index in [2.05, 4.69) is 15.9 Å². The zero-order valence-corrected chi connectivity index (χ0v) is 12.0. The Morgan fingerprint density at radius 2 is 2.18 bits per heavy atom. The maximum Gasteiger partial charge on any atom is 0.255 e. The number of carbonyl (C=O) groups excluding carboxylic acids is 1. The lowest BCUT2D eigenvalue weighted by Crippen LogP contribution is -2.39. The molecule has 1 rings (SSSR count). The lowest BCUT2D eigenvalue weighted by atomic mass is 10.1. The lowest BCUT2D eigenvalue weighted by molar-refractivity contribution is 0.0747. The van der Waals surface area contributed by atoms with Crippen molar-refractivity contribution >= 4 is 34.2 Å². The standard InChI is InChI=1S/C11H14BrFN2O.ClH/c1-7(6-14)15(2)11(16)9-5-8(13)3-4-10(9)12;/h3-5,7H,6,14H2,1-2H3;1H. The molecule has 0 aliphatic heterocycles. The molecule has 1 aromatic carbocycles. The van der Waals surface area contributed by atoms with Crippen molar-refractivity contribution in [3.63, 3.8) is 0 Å². The monoisotopic (exact) mass is 324 g/mol. The van der Waals surface area contributed by atoms with Crippen LogP contribution in [0.1, 0.15) is 17.3 Å². The predicted molar refractivity (Wildman–Crippen MR) is 72.0 cm³/mol. The molecule has 0 spiro atoms. The molecule has 0 aromatic heterocycles. The third kappa shape index (κ3) is 3.94. The van der Waals surface area contributed by atoms with E-state index < -0.39 is 5.82 Å². The van der Waals surface area contributed by atoms with Crippen molar-refractivity contribution in [2.75, 3.05) is 13.6 Å². The van der Waals surface area contributed by atoms with Crippen molar-refractivity contribution in [3.8, 4) is 0 Å². The number of hydrogen-bond acceptors (Lipinski definition) is 2. The average Bonchev–Trinajstić information content (AvgIpc) is 2.29. The van der Waals surface area contributed by atoms with Gasteiger partial charge in [0.1, 0.15) is 5.82 Å². The maximum absolute atomic E-state index is 13.0. The molecule has 3 nitrogen and oxygen atoms in total. The van der Waals surface area contributed by atoms with Gasteiger partial charge in [-0.15, -0.1) is 12.4 Å². The van der Waals surface area contributed by atoms with Gasteiger partial charge in [0, 0.05) is 24.1 Å². The molecular weight excluding hydrogens is 310 g/mol. The Morgan fingerprint density at radius 1 is 1.59 bits per heavy atom. The maximum atomic E-state index is 13.0. The van der Waals surface area contributed by atoms with Gasteiger partial charge >= 0.3 is 0 Å². The Bertz CT molecular complexity index is 403. The molecule has 1 amide bonds. The number of nitrogens with zero attached hydrogens (tertiary/aromatic N) is 1. The van der Waals surface area contributed by atoms with Gasteiger partial charge < -0.3 is 10.6 Å². The minimum atomic E-state index is -0.430. The highest BCUT2D eigenvalue weighted by Crippen LogP contribution is 2.19. The topological polar surface area (TPSA) is 46.3 Å². The third-order valence-electron chi connectivity index (χ3n) is 2.48. The first-order chi connectivity index (χ1) is 7.47. The summed E-state index contributed by atoms with van der Waals surface area (Å²) in [5, 5.41) is 0. The van der Waals surface area contributed by atoms with Gasteiger partial charge in [-0.2, -0.15) is 0 Å². The van der Waals surface area contributed by atoms with E-state index in [0.717, 1.165) is 0 Å². The van der Waals surface area contributed by atoms with Gasteiger partial charge in [-0.25, -0.2) is 4.39 Å². The lowest BCUT2D eigenvalue weighted by Gasteiger charge is -2.24. The highest BCUT2D eigenvalue weighted by atomic mass is 79.9. The number of hydrogen-bond donors (Lipinski definition) is 1. The molecule has 1 unspecified atom stereocenters. The Labute approximate surface area is 115 Å². The smallest absolute Gasteiger partial charge is 0.255 e. The summed E-state index contributed by atoms with van der Waals surface area (Å²) in [7, 11) is 1.65. The number of benzene rings is 1. The molecule has 1 atom stereocenters. The number of likely N-dealkylation sites (N-methyl/N-ethyl adjacent to an activating group) is 1. The second-order valence-corrected chi connectivity index (χ2v) is 4.48. The van der Waals surface area contributed by atoms with E-state index in [1.165, 1.54) is 23.1 Å². The molecule has 2 N–H and O–H groups in total. The van der Waals surface area contributed by atoms with E-state index in [1.807, 2.05) is 6.92 Å². The van der Waals surface area contributed by atoms with E-state index in [4.69, 9.17) is 5.73 Å². The van der Waals surface area contributed by atoms with Crippen molar-refractivity contribution in [1.82, 2.24) is 4.90 Å². The Morgan fingerprint density at radius 3 is 2.71 bits per heavy atom. The molecule has 0 radical (unpaired) electrons. The quantitative estimate of drug-likeness (QED) is 0.928. The third-order valence-corrected chi connectivity index (χ3v) is 3.17. The molecule has 96 valence electrons. The van der Waals surface area contributed by atoms with Crippen LogP contribution in [-0.4, -0.2) is 30.4 Å². The number of nitrogens with two attached hydrogens (primary N) is 1. The largest absolute Gasteiger partial charge is 0.338 e. The zero-order chi connectivity index (χ0) is 12.3. The SMILES string of the molecule is CC(CN)N(C)C(=O)c1cc(F)ccc1Br.Cl. The van der Waals surface area contributed by atoms with Gasteiger partial charge in [0.15, 0.2) is 0 Å². The van der Waals surface area contributed by atoms with Gasteiger partial charge in [0.25, 0.3) is 5.91 Å². The molecule has 17 heavy (non-hydrogen) atoms. The van der Waals surface area contributed by atoms with Gasteiger partial charge in [-0.05, 0) is 41.1 Å². The summed E-state index contributed by atoms with van der Waals surface area (Å²) >= 11 is 3.22. The molecule has 0 fully saturated rings. The van der Waals surface area contributed by atoms with E-state index in [1.54, 1.807) is 7.05 Å². The molecule has 0 heterocycles. The summed E-state index contributed by atoms with van der Waals surface area (Å²) in [6, 6.07) is 3.95. The number of rotatable bonds is 3.